The Hall–Kier alpha value is -3.62. The largest absolute Gasteiger partial charge is 0.325 e. The zero-order valence-electron chi connectivity index (χ0n) is 15.0. The Morgan fingerprint density at radius 1 is 1.10 bits per heavy atom. The van der Waals surface area contributed by atoms with E-state index >= 15 is 0 Å². The van der Waals surface area contributed by atoms with Crippen molar-refractivity contribution >= 4 is 5.65 Å². The van der Waals surface area contributed by atoms with Crippen LogP contribution in [0.2, 0.25) is 0 Å². The predicted octanol–water partition coefficient (Wildman–Crippen LogP) is 2.98. The summed E-state index contributed by atoms with van der Waals surface area (Å²) in [5.41, 5.74) is 2.04. The van der Waals surface area contributed by atoms with E-state index in [1.165, 1.54) is 18.3 Å². The van der Waals surface area contributed by atoms with E-state index in [-0.39, 0.29) is 23.0 Å². The number of halogens is 2. The highest BCUT2D eigenvalue weighted by Gasteiger charge is 2.41. The number of H-pyrrole nitrogens is 2. The maximum Gasteiger partial charge on any atom is 0.325 e. The smallest absolute Gasteiger partial charge is 0.313 e. The molecule has 4 aromatic rings. The van der Waals surface area contributed by atoms with Crippen LogP contribution in [-0.2, 0) is 0 Å². The number of aromatic amines is 2. The molecule has 1 aromatic carbocycles. The van der Waals surface area contributed by atoms with Crippen LogP contribution in [0.25, 0.3) is 16.9 Å². The van der Waals surface area contributed by atoms with Crippen LogP contribution in [0.4, 0.5) is 8.78 Å². The van der Waals surface area contributed by atoms with Crippen LogP contribution in [0, 0.1) is 0 Å². The minimum absolute atomic E-state index is 0.00362. The van der Waals surface area contributed by atoms with Crippen LogP contribution in [0.15, 0.2) is 58.4 Å². The SMILES string of the molecule is O=c1[nH]cc(-c2cc([C@H]3C[C@@H]3c3ccc(C(F)F)cc3)n3nccc3n2)c(=O)[nH]1. The molecule has 0 saturated heterocycles. The quantitative estimate of drug-likeness (QED) is 0.555. The Kier molecular flexibility index (Phi) is 3.90. The van der Waals surface area contributed by atoms with Gasteiger partial charge >= 0.3 is 5.69 Å². The minimum atomic E-state index is -2.49. The van der Waals surface area contributed by atoms with E-state index in [9.17, 15) is 18.4 Å². The number of hydrogen-bond acceptors (Lipinski definition) is 4. The summed E-state index contributed by atoms with van der Waals surface area (Å²) in [7, 11) is 0. The van der Waals surface area contributed by atoms with Crippen molar-refractivity contribution in [3.8, 4) is 11.3 Å². The van der Waals surface area contributed by atoms with Gasteiger partial charge in [0.15, 0.2) is 5.65 Å². The first-order chi connectivity index (χ1) is 14.0. The van der Waals surface area contributed by atoms with Gasteiger partial charge in [-0.1, -0.05) is 24.3 Å². The van der Waals surface area contributed by atoms with Gasteiger partial charge in [0.05, 0.1) is 23.1 Å². The van der Waals surface area contributed by atoms with Crippen LogP contribution < -0.4 is 11.2 Å². The topological polar surface area (TPSA) is 95.9 Å². The third-order valence-corrected chi connectivity index (χ3v) is 5.27. The highest BCUT2D eigenvalue weighted by Crippen LogP contribution is 2.54. The predicted molar refractivity (Wildman–Crippen MR) is 101 cm³/mol. The van der Waals surface area contributed by atoms with Gasteiger partial charge < -0.3 is 4.98 Å². The molecule has 0 amide bonds. The van der Waals surface area contributed by atoms with E-state index in [4.69, 9.17) is 0 Å². The van der Waals surface area contributed by atoms with Gasteiger partial charge in [0, 0.05) is 23.7 Å². The highest BCUT2D eigenvalue weighted by atomic mass is 19.3. The Morgan fingerprint density at radius 2 is 1.90 bits per heavy atom. The van der Waals surface area contributed by atoms with Crippen molar-refractivity contribution < 1.29 is 8.78 Å². The fraction of sp³-hybridized carbons (Fsp3) is 0.200. The molecule has 1 saturated carbocycles. The van der Waals surface area contributed by atoms with E-state index in [0.717, 1.165) is 17.7 Å². The maximum atomic E-state index is 12.8. The Labute approximate surface area is 162 Å². The zero-order chi connectivity index (χ0) is 20.1. The van der Waals surface area contributed by atoms with Crippen molar-refractivity contribution in [2.75, 3.05) is 0 Å². The first-order valence-corrected chi connectivity index (χ1v) is 9.06. The van der Waals surface area contributed by atoms with Crippen molar-refractivity contribution in [1.29, 1.82) is 0 Å². The number of hydrogen-bond donors (Lipinski definition) is 2. The van der Waals surface area contributed by atoms with Crippen LogP contribution >= 0.6 is 0 Å². The van der Waals surface area contributed by atoms with Gasteiger partial charge in [0.2, 0.25) is 0 Å². The summed E-state index contributed by atoms with van der Waals surface area (Å²) in [4.78, 5) is 32.6. The van der Waals surface area contributed by atoms with E-state index in [0.29, 0.717) is 11.3 Å². The zero-order valence-corrected chi connectivity index (χ0v) is 15.0. The first kappa shape index (κ1) is 17.5. The molecule has 1 aliphatic rings. The van der Waals surface area contributed by atoms with Gasteiger partial charge in [0.25, 0.3) is 12.0 Å². The molecule has 1 fully saturated rings. The molecule has 146 valence electrons. The summed E-state index contributed by atoms with van der Waals surface area (Å²) in [5.74, 6) is 0.302. The molecule has 1 aliphatic carbocycles. The van der Waals surface area contributed by atoms with Gasteiger partial charge in [0.1, 0.15) is 0 Å². The monoisotopic (exact) mass is 395 g/mol. The molecule has 3 aromatic heterocycles. The molecule has 29 heavy (non-hydrogen) atoms. The fourth-order valence-electron chi connectivity index (χ4n) is 3.72. The lowest BCUT2D eigenvalue weighted by Crippen LogP contribution is -2.23. The number of rotatable bonds is 4. The van der Waals surface area contributed by atoms with E-state index in [1.807, 2.05) is 0 Å². The molecule has 3 heterocycles. The summed E-state index contributed by atoms with van der Waals surface area (Å²) in [6.07, 6.45) is 1.32. The summed E-state index contributed by atoms with van der Waals surface area (Å²) in [5, 5.41) is 4.33. The van der Waals surface area contributed by atoms with Crippen molar-refractivity contribution in [3.63, 3.8) is 0 Å². The second kappa shape index (κ2) is 6.47. The molecule has 2 atom stereocenters. The van der Waals surface area contributed by atoms with Crippen molar-refractivity contribution in [2.24, 2.45) is 0 Å². The van der Waals surface area contributed by atoms with Crippen molar-refractivity contribution in [2.45, 2.75) is 24.7 Å². The Bertz CT molecular complexity index is 1320. The Balaban J connectivity index is 1.54. The normalized spacial score (nSPS) is 18.4. The fourth-order valence-corrected chi connectivity index (χ4v) is 3.72. The molecule has 0 spiro atoms. The highest BCUT2D eigenvalue weighted by molar-refractivity contribution is 5.61. The molecule has 2 N–H and O–H groups in total. The lowest BCUT2D eigenvalue weighted by atomic mass is 10.0. The van der Waals surface area contributed by atoms with Gasteiger partial charge in [-0.2, -0.15) is 5.10 Å². The number of alkyl halides is 2. The van der Waals surface area contributed by atoms with E-state index in [2.05, 4.69) is 20.1 Å². The van der Waals surface area contributed by atoms with E-state index < -0.39 is 17.7 Å². The number of fused-ring (bicyclic) bond motifs is 1. The molecule has 0 aliphatic heterocycles. The number of nitrogens with zero attached hydrogens (tertiary/aromatic N) is 3. The third kappa shape index (κ3) is 3.04. The van der Waals surface area contributed by atoms with Crippen LogP contribution in [0.5, 0.6) is 0 Å². The van der Waals surface area contributed by atoms with Gasteiger partial charge in [-0.15, -0.1) is 0 Å². The number of nitrogens with one attached hydrogen (secondary N) is 2. The third-order valence-electron chi connectivity index (χ3n) is 5.27. The van der Waals surface area contributed by atoms with Crippen molar-refractivity contribution in [3.05, 3.63) is 86.5 Å². The molecular formula is C20H15F2N5O2. The standard InChI is InChI=1S/C20H15F2N5O2/c21-18(22)11-3-1-10(2-4-11)12-7-13(12)16-8-15(25-17-5-6-24-27(16)17)14-9-23-20(29)26-19(14)28/h1-6,8-9,12-13,18H,7H2,(H2,23,26,28,29)/t12-,13+/m1/s1. The Morgan fingerprint density at radius 3 is 2.62 bits per heavy atom. The molecule has 0 unspecified atom stereocenters. The lowest BCUT2D eigenvalue weighted by Gasteiger charge is -2.08. The van der Waals surface area contributed by atoms with Crippen molar-refractivity contribution in [1.82, 2.24) is 24.6 Å². The van der Waals surface area contributed by atoms with Gasteiger partial charge in [-0.05, 0) is 24.0 Å². The molecule has 5 rings (SSSR count). The van der Waals surface area contributed by atoms with Crippen LogP contribution in [-0.4, -0.2) is 24.6 Å². The number of benzene rings is 1. The average molecular weight is 395 g/mol. The molecule has 0 bridgehead atoms. The molecule has 0 radical (unpaired) electrons. The second-order valence-corrected chi connectivity index (χ2v) is 7.07. The minimum Gasteiger partial charge on any atom is -0.313 e. The van der Waals surface area contributed by atoms with Crippen LogP contribution in [0.3, 0.4) is 0 Å². The molecular weight excluding hydrogens is 380 g/mol. The van der Waals surface area contributed by atoms with Gasteiger partial charge in [-0.3, -0.25) is 9.78 Å². The number of aromatic nitrogens is 5. The summed E-state index contributed by atoms with van der Waals surface area (Å²) in [6.45, 7) is 0. The summed E-state index contributed by atoms with van der Waals surface area (Å²) >= 11 is 0. The van der Waals surface area contributed by atoms with Gasteiger partial charge in [-0.25, -0.2) is 23.1 Å². The maximum absolute atomic E-state index is 12.8. The van der Waals surface area contributed by atoms with E-state index in [1.54, 1.807) is 35.0 Å². The first-order valence-electron chi connectivity index (χ1n) is 9.06. The summed E-state index contributed by atoms with van der Waals surface area (Å²) in [6, 6.07) is 9.92. The second-order valence-electron chi connectivity index (χ2n) is 7.07. The lowest BCUT2D eigenvalue weighted by molar-refractivity contribution is 0.151. The average Bonchev–Trinajstić information content (AvgIpc) is 3.36. The van der Waals surface area contributed by atoms with Crippen LogP contribution in [0.1, 0.15) is 41.5 Å². The molecule has 9 heteroatoms. The molecule has 7 nitrogen and oxygen atoms in total. The summed E-state index contributed by atoms with van der Waals surface area (Å²) < 4.78 is 27.3.